The zero-order valence-electron chi connectivity index (χ0n) is 10.5. The van der Waals surface area contributed by atoms with Crippen LogP contribution >= 0.6 is 0 Å². The highest BCUT2D eigenvalue weighted by Gasteiger charge is 2.25. The molecule has 16 heavy (non-hydrogen) atoms. The molecule has 92 valence electrons. The van der Waals surface area contributed by atoms with Crippen LogP contribution in [0.25, 0.3) is 0 Å². The van der Waals surface area contributed by atoms with E-state index in [1.807, 2.05) is 17.9 Å². The van der Waals surface area contributed by atoms with E-state index in [-0.39, 0.29) is 5.91 Å². The Morgan fingerprint density at radius 1 is 1.69 bits per heavy atom. The predicted octanol–water partition coefficient (Wildman–Crippen LogP) is 1.94. The lowest BCUT2D eigenvalue weighted by molar-refractivity contribution is -0.129. The van der Waals surface area contributed by atoms with Crippen molar-refractivity contribution >= 4 is 5.91 Å². The van der Waals surface area contributed by atoms with Gasteiger partial charge in [0.2, 0.25) is 5.91 Å². The minimum atomic E-state index is 0.281. The second-order valence-electron chi connectivity index (χ2n) is 4.61. The monoisotopic (exact) mass is 224 g/mol. The summed E-state index contributed by atoms with van der Waals surface area (Å²) in [6.45, 7) is 9.65. The molecule has 2 unspecified atom stereocenters. The lowest BCUT2D eigenvalue weighted by Gasteiger charge is -2.20. The van der Waals surface area contributed by atoms with Gasteiger partial charge in [-0.15, -0.1) is 6.58 Å². The molecule has 0 aromatic rings. The smallest absolute Gasteiger partial charge is 0.222 e. The van der Waals surface area contributed by atoms with Crippen LogP contribution in [-0.2, 0) is 4.79 Å². The number of nitrogens with zero attached hydrogens (tertiary/aromatic N) is 1. The number of allylic oxidation sites excluding steroid dienone is 1. The van der Waals surface area contributed by atoms with Crippen molar-refractivity contribution in [3.63, 3.8) is 0 Å². The van der Waals surface area contributed by atoms with Crippen LogP contribution in [0.2, 0.25) is 0 Å². The fourth-order valence-electron chi connectivity index (χ4n) is 2.20. The third kappa shape index (κ3) is 3.97. The highest BCUT2D eigenvalue weighted by atomic mass is 16.2. The SMILES string of the molecule is C=CCCC(C)NC1CCN(C(=O)CC)C1. The average Bonchev–Trinajstić information content (AvgIpc) is 2.73. The largest absolute Gasteiger partial charge is 0.341 e. The molecule has 1 rings (SSSR count). The summed E-state index contributed by atoms with van der Waals surface area (Å²) in [6, 6.07) is 0.995. The van der Waals surface area contributed by atoms with Crippen LogP contribution in [0.1, 0.15) is 39.5 Å². The molecule has 0 aliphatic carbocycles. The lowest BCUT2D eigenvalue weighted by atomic mass is 10.1. The molecule has 1 aliphatic heterocycles. The van der Waals surface area contributed by atoms with Gasteiger partial charge in [-0.3, -0.25) is 4.79 Å². The topological polar surface area (TPSA) is 32.3 Å². The van der Waals surface area contributed by atoms with Gasteiger partial charge in [-0.2, -0.15) is 0 Å². The molecule has 3 heteroatoms. The maximum absolute atomic E-state index is 11.5. The van der Waals surface area contributed by atoms with Gasteiger partial charge < -0.3 is 10.2 Å². The van der Waals surface area contributed by atoms with Crippen molar-refractivity contribution in [1.29, 1.82) is 0 Å². The normalized spacial score (nSPS) is 22.1. The van der Waals surface area contributed by atoms with Gasteiger partial charge in [0.1, 0.15) is 0 Å². The first-order chi connectivity index (χ1) is 7.67. The Kier molecular flexibility index (Phi) is 5.53. The van der Waals surface area contributed by atoms with Crippen LogP contribution in [0.4, 0.5) is 0 Å². The summed E-state index contributed by atoms with van der Waals surface area (Å²) < 4.78 is 0. The van der Waals surface area contributed by atoms with E-state index in [0.29, 0.717) is 18.5 Å². The van der Waals surface area contributed by atoms with Crippen LogP contribution < -0.4 is 5.32 Å². The molecule has 0 aromatic heterocycles. The average molecular weight is 224 g/mol. The molecule has 1 saturated heterocycles. The van der Waals surface area contributed by atoms with Gasteiger partial charge in [-0.05, 0) is 26.2 Å². The summed E-state index contributed by atoms with van der Waals surface area (Å²) in [7, 11) is 0. The number of carbonyl (C=O) groups is 1. The summed E-state index contributed by atoms with van der Waals surface area (Å²) >= 11 is 0. The number of carbonyl (C=O) groups excluding carboxylic acids is 1. The molecule has 2 atom stereocenters. The van der Waals surface area contributed by atoms with Crippen molar-refractivity contribution in [3.8, 4) is 0 Å². The maximum atomic E-state index is 11.5. The highest BCUT2D eigenvalue weighted by molar-refractivity contribution is 5.76. The highest BCUT2D eigenvalue weighted by Crippen LogP contribution is 2.12. The maximum Gasteiger partial charge on any atom is 0.222 e. The van der Waals surface area contributed by atoms with Crippen LogP contribution in [0.5, 0.6) is 0 Å². The molecular weight excluding hydrogens is 200 g/mol. The minimum absolute atomic E-state index is 0.281. The zero-order chi connectivity index (χ0) is 12.0. The van der Waals surface area contributed by atoms with Gasteiger partial charge in [0.25, 0.3) is 0 Å². The standard InChI is InChI=1S/C13H24N2O/c1-4-6-7-11(3)14-12-8-9-15(10-12)13(16)5-2/h4,11-12,14H,1,5-10H2,2-3H3. The Morgan fingerprint density at radius 3 is 3.06 bits per heavy atom. The summed E-state index contributed by atoms with van der Waals surface area (Å²) in [4.78, 5) is 13.5. The molecule has 0 aromatic carbocycles. The summed E-state index contributed by atoms with van der Waals surface area (Å²) in [5, 5.41) is 3.58. The third-order valence-corrected chi connectivity index (χ3v) is 3.17. The Bertz CT molecular complexity index is 240. The molecule has 1 N–H and O–H groups in total. The molecule has 1 aliphatic rings. The molecule has 0 saturated carbocycles. The molecule has 1 fully saturated rings. The van der Waals surface area contributed by atoms with E-state index in [1.54, 1.807) is 0 Å². The molecule has 1 heterocycles. The molecule has 0 bridgehead atoms. The van der Waals surface area contributed by atoms with E-state index in [4.69, 9.17) is 0 Å². The van der Waals surface area contributed by atoms with Crippen molar-refractivity contribution < 1.29 is 4.79 Å². The van der Waals surface area contributed by atoms with Gasteiger partial charge in [-0.1, -0.05) is 13.0 Å². The van der Waals surface area contributed by atoms with E-state index in [0.717, 1.165) is 32.4 Å². The molecule has 1 amide bonds. The summed E-state index contributed by atoms with van der Waals surface area (Å²) in [5.74, 6) is 0.281. The zero-order valence-corrected chi connectivity index (χ0v) is 10.5. The van der Waals surface area contributed by atoms with E-state index < -0.39 is 0 Å². The Hall–Kier alpha value is -0.830. The van der Waals surface area contributed by atoms with E-state index in [2.05, 4.69) is 18.8 Å². The number of hydrogen-bond acceptors (Lipinski definition) is 2. The number of hydrogen-bond donors (Lipinski definition) is 1. The van der Waals surface area contributed by atoms with Gasteiger partial charge in [0, 0.05) is 31.6 Å². The van der Waals surface area contributed by atoms with E-state index in [9.17, 15) is 4.79 Å². The second kappa shape index (κ2) is 6.69. The van der Waals surface area contributed by atoms with Crippen molar-refractivity contribution in [3.05, 3.63) is 12.7 Å². The van der Waals surface area contributed by atoms with Crippen molar-refractivity contribution in [1.82, 2.24) is 10.2 Å². The van der Waals surface area contributed by atoms with Crippen molar-refractivity contribution in [2.45, 2.75) is 51.6 Å². The van der Waals surface area contributed by atoms with Gasteiger partial charge in [0.05, 0.1) is 0 Å². The van der Waals surface area contributed by atoms with Crippen LogP contribution in [0, 0.1) is 0 Å². The molecule has 0 spiro atoms. The third-order valence-electron chi connectivity index (χ3n) is 3.17. The number of rotatable bonds is 6. The van der Waals surface area contributed by atoms with E-state index >= 15 is 0 Å². The Labute approximate surface area is 98.9 Å². The Morgan fingerprint density at radius 2 is 2.44 bits per heavy atom. The van der Waals surface area contributed by atoms with Gasteiger partial charge in [0.15, 0.2) is 0 Å². The number of nitrogens with one attached hydrogen (secondary N) is 1. The quantitative estimate of drug-likeness (QED) is 0.699. The van der Waals surface area contributed by atoms with Crippen LogP contribution in [0.3, 0.4) is 0 Å². The summed E-state index contributed by atoms with van der Waals surface area (Å²) in [5.41, 5.74) is 0. The van der Waals surface area contributed by atoms with Crippen molar-refractivity contribution in [2.75, 3.05) is 13.1 Å². The predicted molar refractivity (Wildman–Crippen MR) is 67.3 cm³/mol. The molecule has 0 radical (unpaired) electrons. The molecular formula is C13H24N2O. The first-order valence-electron chi connectivity index (χ1n) is 6.32. The number of likely N-dealkylation sites (tertiary alicyclic amines) is 1. The Balaban J connectivity index is 2.25. The van der Waals surface area contributed by atoms with Gasteiger partial charge in [-0.25, -0.2) is 0 Å². The van der Waals surface area contributed by atoms with E-state index in [1.165, 1.54) is 0 Å². The van der Waals surface area contributed by atoms with Crippen LogP contribution in [0.15, 0.2) is 12.7 Å². The minimum Gasteiger partial charge on any atom is -0.341 e. The van der Waals surface area contributed by atoms with Crippen LogP contribution in [-0.4, -0.2) is 36.0 Å². The first kappa shape index (κ1) is 13.2. The fraction of sp³-hybridized carbons (Fsp3) is 0.769. The van der Waals surface area contributed by atoms with Gasteiger partial charge >= 0.3 is 0 Å². The second-order valence-corrected chi connectivity index (χ2v) is 4.61. The molecule has 3 nitrogen and oxygen atoms in total. The summed E-state index contributed by atoms with van der Waals surface area (Å²) in [6.07, 6.45) is 5.85. The lowest BCUT2D eigenvalue weighted by Crippen LogP contribution is -2.39. The van der Waals surface area contributed by atoms with Crippen molar-refractivity contribution in [2.24, 2.45) is 0 Å². The fourth-order valence-corrected chi connectivity index (χ4v) is 2.20. The number of amides is 1. The first-order valence-corrected chi connectivity index (χ1v) is 6.32.